The Morgan fingerprint density at radius 3 is 2.48 bits per heavy atom. The molecule has 0 saturated heterocycles. The van der Waals surface area contributed by atoms with Crippen LogP contribution in [0.2, 0.25) is 10.0 Å². The molecule has 0 amide bonds. The van der Waals surface area contributed by atoms with E-state index in [9.17, 15) is 0 Å². The fourth-order valence-corrected chi connectivity index (χ4v) is 2.82. The zero-order valence-corrected chi connectivity index (χ0v) is 13.8. The van der Waals surface area contributed by atoms with Gasteiger partial charge in [-0.1, -0.05) is 61.9 Å². The molecule has 0 N–H and O–H groups in total. The second kappa shape index (κ2) is 8.40. The van der Waals surface area contributed by atoms with Crippen LogP contribution in [0.5, 0.6) is 0 Å². The Morgan fingerprint density at radius 1 is 1.05 bits per heavy atom. The van der Waals surface area contributed by atoms with Crippen molar-refractivity contribution in [3.8, 4) is 0 Å². The van der Waals surface area contributed by atoms with E-state index in [-0.39, 0.29) is 0 Å². The van der Waals surface area contributed by atoms with Crippen LogP contribution >= 0.6 is 23.2 Å². The molecule has 0 aliphatic carbocycles. The van der Waals surface area contributed by atoms with Gasteiger partial charge in [0.05, 0.1) is 10.0 Å². The lowest BCUT2D eigenvalue weighted by Gasteiger charge is -2.18. The number of rotatable bonds is 8. The molecule has 1 aromatic heterocycles. The second-order valence-electron chi connectivity index (χ2n) is 5.38. The summed E-state index contributed by atoms with van der Waals surface area (Å²) in [5.74, 6) is 0.410. The van der Waals surface area contributed by atoms with Gasteiger partial charge in [-0.3, -0.25) is 0 Å². The van der Waals surface area contributed by atoms with Crippen LogP contribution in [0.15, 0.2) is 30.9 Å². The number of aromatic nitrogens is 3. The average Bonchev–Trinajstić information content (AvgIpc) is 2.98. The molecule has 0 spiro atoms. The molecule has 1 aromatic carbocycles. The third kappa shape index (κ3) is 5.01. The van der Waals surface area contributed by atoms with Crippen molar-refractivity contribution in [3.63, 3.8) is 0 Å². The highest BCUT2D eigenvalue weighted by molar-refractivity contribution is 6.42. The molecule has 0 saturated carbocycles. The van der Waals surface area contributed by atoms with Crippen LogP contribution in [-0.2, 0) is 6.54 Å². The molecule has 0 aliphatic heterocycles. The third-order valence-corrected chi connectivity index (χ3v) is 4.46. The van der Waals surface area contributed by atoms with Gasteiger partial charge in [-0.15, -0.1) is 10.2 Å². The standard InChI is InChI=1S/C16H21Cl2N3/c1-2-3-4-5-6-14(10-21-11-19-20-12-21)13-7-8-15(17)16(18)9-13/h7-9,11-12,14H,2-6,10H2,1H3. The van der Waals surface area contributed by atoms with Gasteiger partial charge < -0.3 is 4.57 Å². The van der Waals surface area contributed by atoms with Gasteiger partial charge in [-0.25, -0.2) is 0 Å². The molecule has 114 valence electrons. The van der Waals surface area contributed by atoms with Gasteiger partial charge in [0.2, 0.25) is 0 Å². The molecule has 1 heterocycles. The number of halogens is 2. The summed E-state index contributed by atoms with van der Waals surface area (Å²) >= 11 is 12.2. The summed E-state index contributed by atoms with van der Waals surface area (Å²) in [5.41, 5.74) is 1.23. The maximum Gasteiger partial charge on any atom is 0.119 e. The molecule has 3 nitrogen and oxygen atoms in total. The van der Waals surface area contributed by atoms with E-state index in [1.54, 1.807) is 12.7 Å². The topological polar surface area (TPSA) is 30.7 Å². The molecule has 21 heavy (non-hydrogen) atoms. The summed E-state index contributed by atoms with van der Waals surface area (Å²) in [5, 5.41) is 8.98. The quantitative estimate of drug-likeness (QED) is 0.613. The first-order valence-corrected chi connectivity index (χ1v) is 8.23. The number of nitrogens with zero attached hydrogens (tertiary/aromatic N) is 3. The van der Waals surface area contributed by atoms with E-state index in [0.717, 1.165) is 13.0 Å². The van der Waals surface area contributed by atoms with E-state index < -0.39 is 0 Å². The van der Waals surface area contributed by atoms with Crippen LogP contribution in [-0.4, -0.2) is 14.8 Å². The van der Waals surface area contributed by atoms with Crippen LogP contribution in [0.4, 0.5) is 0 Å². The Labute approximate surface area is 136 Å². The first-order valence-electron chi connectivity index (χ1n) is 7.48. The highest BCUT2D eigenvalue weighted by Crippen LogP contribution is 2.30. The summed E-state index contributed by atoms with van der Waals surface area (Å²) in [6.45, 7) is 3.10. The summed E-state index contributed by atoms with van der Waals surface area (Å²) in [7, 11) is 0. The zero-order chi connectivity index (χ0) is 15.1. The van der Waals surface area contributed by atoms with Crippen LogP contribution < -0.4 is 0 Å². The maximum atomic E-state index is 6.16. The van der Waals surface area contributed by atoms with Crippen LogP contribution in [0.25, 0.3) is 0 Å². The number of hydrogen-bond donors (Lipinski definition) is 0. The van der Waals surface area contributed by atoms with Crippen LogP contribution in [0.3, 0.4) is 0 Å². The third-order valence-electron chi connectivity index (χ3n) is 3.72. The van der Waals surface area contributed by atoms with Crippen molar-refractivity contribution in [1.82, 2.24) is 14.8 Å². The number of unbranched alkanes of at least 4 members (excludes halogenated alkanes) is 3. The summed E-state index contributed by atoms with van der Waals surface area (Å²) < 4.78 is 2.02. The minimum Gasteiger partial charge on any atom is -0.320 e. The molecule has 1 unspecified atom stereocenters. The van der Waals surface area contributed by atoms with Crippen molar-refractivity contribution in [2.75, 3.05) is 0 Å². The SMILES string of the molecule is CCCCCCC(Cn1cnnc1)c1ccc(Cl)c(Cl)c1. The molecule has 2 aromatic rings. The van der Waals surface area contributed by atoms with E-state index >= 15 is 0 Å². The lowest BCUT2D eigenvalue weighted by molar-refractivity contribution is 0.491. The summed E-state index contributed by atoms with van der Waals surface area (Å²) in [6.07, 6.45) is 9.70. The van der Waals surface area contributed by atoms with Crippen molar-refractivity contribution in [3.05, 3.63) is 46.5 Å². The molecule has 1 atom stereocenters. The largest absolute Gasteiger partial charge is 0.320 e. The minimum absolute atomic E-state index is 0.410. The Balaban J connectivity index is 2.07. The fraction of sp³-hybridized carbons (Fsp3) is 0.500. The molecule has 0 aliphatic rings. The number of benzene rings is 1. The van der Waals surface area contributed by atoms with Gasteiger partial charge >= 0.3 is 0 Å². The van der Waals surface area contributed by atoms with Crippen molar-refractivity contribution in [2.24, 2.45) is 0 Å². The van der Waals surface area contributed by atoms with Crippen molar-refractivity contribution in [1.29, 1.82) is 0 Å². The average molecular weight is 326 g/mol. The van der Waals surface area contributed by atoms with E-state index in [1.165, 1.54) is 31.2 Å². The Kier molecular flexibility index (Phi) is 6.52. The predicted octanol–water partition coefficient (Wildman–Crippen LogP) is 5.34. The molecule has 0 radical (unpaired) electrons. The van der Waals surface area contributed by atoms with Crippen molar-refractivity contribution < 1.29 is 0 Å². The molecule has 2 rings (SSSR count). The Bertz CT molecular complexity index is 540. The lowest BCUT2D eigenvalue weighted by Crippen LogP contribution is -2.08. The van der Waals surface area contributed by atoms with Crippen molar-refractivity contribution >= 4 is 23.2 Å². The molecule has 0 bridgehead atoms. The monoisotopic (exact) mass is 325 g/mol. The Hall–Kier alpha value is -1.06. The maximum absolute atomic E-state index is 6.16. The van der Waals surface area contributed by atoms with Gasteiger partial charge in [0.25, 0.3) is 0 Å². The van der Waals surface area contributed by atoms with E-state index in [0.29, 0.717) is 16.0 Å². The molecular weight excluding hydrogens is 305 g/mol. The van der Waals surface area contributed by atoms with Gasteiger partial charge in [-0.2, -0.15) is 0 Å². The van der Waals surface area contributed by atoms with Gasteiger partial charge in [0.15, 0.2) is 0 Å². The van der Waals surface area contributed by atoms with Gasteiger partial charge in [0, 0.05) is 12.5 Å². The highest BCUT2D eigenvalue weighted by atomic mass is 35.5. The first-order chi connectivity index (χ1) is 10.2. The van der Waals surface area contributed by atoms with Crippen LogP contribution in [0.1, 0.15) is 50.5 Å². The summed E-state index contributed by atoms with van der Waals surface area (Å²) in [6, 6.07) is 5.94. The van der Waals surface area contributed by atoms with Gasteiger partial charge in [0.1, 0.15) is 12.7 Å². The van der Waals surface area contributed by atoms with E-state index in [4.69, 9.17) is 23.2 Å². The normalized spacial score (nSPS) is 12.5. The molecular formula is C16H21Cl2N3. The molecule has 5 heteroatoms. The Morgan fingerprint density at radius 2 is 1.81 bits per heavy atom. The zero-order valence-electron chi connectivity index (χ0n) is 12.3. The lowest BCUT2D eigenvalue weighted by atomic mass is 9.93. The fourth-order valence-electron chi connectivity index (χ4n) is 2.52. The van der Waals surface area contributed by atoms with Gasteiger partial charge in [-0.05, 0) is 24.1 Å². The van der Waals surface area contributed by atoms with Crippen molar-refractivity contribution in [2.45, 2.75) is 51.5 Å². The molecule has 0 fully saturated rings. The smallest absolute Gasteiger partial charge is 0.119 e. The number of hydrogen-bond acceptors (Lipinski definition) is 2. The second-order valence-corrected chi connectivity index (χ2v) is 6.19. The minimum atomic E-state index is 0.410. The van der Waals surface area contributed by atoms with E-state index in [2.05, 4.69) is 23.2 Å². The van der Waals surface area contributed by atoms with Crippen LogP contribution in [0, 0.1) is 0 Å². The first kappa shape index (κ1) is 16.3. The highest BCUT2D eigenvalue weighted by Gasteiger charge is 2.14. The predicted molar refractivity (Wildman–Crippen MR) is 88.0 cm³/mol. The summed E-state index contributed by atoms with van der Waals surface area (Å²) in [4.78, 5) is 0. The van der Waals surface area contributed by atoms with E-state index in [1.807, 2.05) is 16.7 Å².